The number of benzene rings is 7. The van der Waals surface area contributed by atoms with E-state index in [9.17, 15) is 0 Å². The quantitative estimate of drug-likeness (QED) is 0.157. The smallest absolute Gasteiger partial charge is 0.0704 e. The predicted octanol–water partition coefficient (Wildman–Crippen LogP) is 18.7. The number of allylic oxidation sites excluding steroid dienone is 10. The van der Waals surface area contributed by atoms with Crippen LogP contribution in [0.5, 0.6) is 0 Å². The van der Waals surface area contributed by atoms with Crippen LogP contribution < -0.4 is 9.80 Å². The first-order valence-corrected chi connectivity index (χ1v) is 26.1. The van der Waals surface area contributed by atoms with Gasteiger partial charge < -0.3 is 9.80 Å². The summed E-state index contributed by atoms with van der Waals surface area (Å²) >= 11 is 1.95. The fourth-order valence-corrected chi connectivity index (χ4v) is 13.5. The van der Waals surface area contributed by atoms with Gasteiger partial charge in [-0.15, -0.1) is 11.3 Å². The number of para-hydroxylation sites is 2. The molecule has 8 aromatic carbocycles. The van der Waals surface area contributed by atoms with Gasteiger partial charge in [0.05, 0.1) is 5.41 Å². The van der Waals surface area contributed by atoms with Gasteiger partial charge in [-0.1, -0.05) is 172 Å². The first-order valence-electron chi connectivity index (χ1n) is 25.3. The molecule has 1 heterocycles. The molecule has 4 aliphatic rings. The lowest BCUT2D eigenvalue weighted by molar-refractivity contribution is 0.660. The minimum atomic E-state index is -0.414. The van der Waals surface area contributed by atoms with Gasteiger partial charge in [-0.05, 0) is 183 Å². The molecule has 0 bridgehead atoms. The Labute approximate surface area is 429 Å². The van der Waals surface area contributed by atoms with E-state index in [1.807, 2.05) is 24.3 Å². The zero-order valence-corrected chi connectivity index (χ0v) is 42.4. The Hall–Kier alpha value is -8.16. The number of nitrogens with zero attached hydrogens (tertiary/aromatic N) is 2. The molecule has 0 N–H and O–H groups in total. The van der Waals surface area contributed by atoms with Crippen LogP contribution in [0.1, 0.15) is 73.9 Å². The van der Waals surface area contributed by atoms with Crippen LogP contribution in [0.2, 0.25) is 0 Å². The third-order valence-electron chi connectivity index (χ3n) is 15.5. The van der Waals surface area contributed by atoms with Crippen LogP contribution in [0.3, 0.4) is 0 Å². The summed E-state index contributed by atoms with van der Waals surface area (Å²) in [5.74, 6) is 0. The standard InChI is InChI=1S/C52H38N2S.C17H18/c1-53(37-27-25-36(26-28-37)35-15-5-2-6-16-35)40-29-32-44-48(33-40)52(50-45-22-12-14-24-49(45)55-51(44)50)46-23-13-11-21-42(46)43-31-30-41(34-47(43)52)54(38-17-7-3-8-18-38)39-19-9-4-10-20-39;1-5-7-10-13-14-11-8-9-12-16(14)17(3,4)15(13)6-2/h2-12,14-22,24-34H,13,23H2,1H3;5-7,10-12H,1-4H3/b;7-5-,13-10-,15-6+. The van der Waals surface area contributed by atoms with Gasteiger partial charge in [0.15, 0.2) is 0 Å². The molecular formula is C69H56N2S. The first-order chi connectivity index (χ1) is 35.3. The molecule has 0 fully saturated rings. The lowest BCUT2D eigenvalue weighted by Crippen LogP contribution is -2.28. The number of hydrogen-bond acceptors (Lipinski definition) is 3. The van der Waals surface area contributed by atoms with Crippen molar-refractivity contribution in [2.45, 2.75) is 51.4 Å². The van der Waals surface area contributed by atoms with Crippen LogP contribution in [0, 0.1) is 12.1 Å². The molecule has 1 aromatic heterocycles. The lowest BCUT2D eigenvalue weighted by Gasteiger charge is -2.35. The van der Waals surface area contributed by atoms with Gasteiger partial charge >= 0.3 is 0 Å². The Kier molecular flexibility index (Phi) is 11.4. The third-order valence-corrected chi connectivity index (χ3v) is 16.7. The summed E-state index contributed by atoms with van der Waals surface area (Å²) in [5, 5.41) is 1.37. The molecule has 3 heteroatoms. The van der Waals surface area contributed by atoms with Crippen molar-refractivity contribution >= 4 is 61.0 Å². The summed E-state index contributed by atoms with van der Waals surface area (Å²) in [5.41, 5.74) is 23.2. The van der Waals surface area contributed by atoms with Gasteiger partial charge in [-0.2, -0.15) is 0 Å². The van der Waals surface area contributed by atoms with Crippen LogP contribution in [0.4, 0.5) is 28.4 Å². The maximum atomic E-state index is 3.07. The van der Waals surface area contributed by atoms with Crippen molar-refractivity contribution < 1.29 is 0 Å². The van der Waals surface area contributed by atoms with E-state index in [0.717, 1.165) is 24.2 Å². The van der Waals surface area contributed by atoms with Crippen molar-refractivity contribution in [3.05, 3.63) is 281 Å². The molecule has 1 unspecified atom stereocenters. The fraction of sp³-hybridized carbons (Fsp3) is 0.130. The second-order valence-electron chi connectivity index (χ2n) is 19.7. The van der Waals surface area contributed by atoms with Crippen molar-refractivity contribution in [2.75, 3.05) is 16.8 Å². The molecule has 13 rings (SSSR count). The van der Waals surface area contributed by atoms with E-state index >= 15 is 0 Å². The predicted molar refractivity (Wildman–Crippen MR) is 307 cm³/mol. The minimum absolute atomic E-state index is 0.0725. The zero-order chi connectivity index (χ0) is 49.0. The highest BCUT2D eigenvalue weighted by Gasteiger charge is 2.54. The highest BCUT2D eigenvalue weighted by atomic mass is 32.1. The molecule has 1 atom stereocenters. The molecule has 0 saturated heterocycles. The molecule has 72 heavy (non-hydrogen) atoms. The van der Waals surface area contributed by atoms with Crippen LogP contribution in [0.15, 0.2) is 236 Å². The SMILES string of the molecule is CN(c1ccc(-c2ccccc2)cc1)c1ccc2c(c1)C1(C3=C(C=CCC3)c3ccc(N(c4ccccc4)c4ccccc4)cc31)c1c-2sc2ccccc12.C\C=C/C=C1\C(=C/C)C(C)(C)c2cc#ccc21. The Bertz CT molecular complexity index is 3640. The first kappa shape index (κ1) is 45.0. The van der Waals surface area contributed by atoms with Gasteiger partial charge in [0, 0.05) is 50.5 Å². The van der Waals surface area contributed by atoms with Crippen molar-refractivity contribution in [1.29, 1.82) is 0 Å². The van der Waals surface area contributed by atoms with Gasteiger partial charge in [-0.25, -0.2) is 0 Å². The van der Waals surface area contributed by atoms with Crippen LogP contribution >= 0.6 is 11.3 Å². The van der Waals surface area contributed by atoms with Crippen LogP contribution in [-0.2, 0) is 10.8 Å². The second-order valence-corrected chi connectivity index (χ2v) is 20.7. The van der Waals surface area contributed by atoms with Crippen molar-refractivity contribution in [1.82, 2.24) is 0 Å². The molecule has 0 radical (unpaired) electrons. The van der Waals surface area contributed by atoms with Gasteiger partial charge in [0.25, 0.3) is 0 Å². The Morgan fingerprint density at radius 3 is 1.92 bits per heavy atom. The molecule has 9 aromatic rings. The number of rotatable bonds is 7. The number of anilines is 5. The highest BCUT2D eigenvalue weighted by Crippen LogP contribution is 2.67. The molecule has 2 nitrogen and oxygen atoms in total. The zero-order valence-electron chi connectivity index (χ0n) is 41.6. The average Bonchev–Trinajstić information content (AvgIpc) is 4.13. The molecule has 0 aliphatic heterocycles. The summed E-state index contributed by atoms with van der Waals surface area (Å²) < 4.78 is 1.35. The molecule has 0 saturated carbocycles. The van der Waals surface area contributed by atoms with Crippen LogP contribution in [-0.4, -0.2) is 7.05 Å². The maximum Gasteiger partial charge on any atom is 0.0704 e. The molecular weight excluding hydrogens is 889 g/mol. The summed E-state index contributed by atoms with van der Waals surface area (Å²) in [6.45, 7) is 8.69. The van der Waals surface area contributed by atoms with Gasteiger partial charge in [-0.3, -0.25) is 0 Å². The van der Waals surface area contributed by atoms with Crippen LogP contribution in [0.25, 0.3) is 42.8 Å². The highest BCUT2D eigenvalue weighted by molar-refractivity contribution is 7.22. The molecule has 0 amide bonds. The van der Waals surface area contributed by atoms with E-state index < -0.39 is 5.41 Å². The molecule has 348 valence electrons. The summed E-state index contributed by atoms with van der Waals surface area (Å²) in [6, 6.07) is 75.0. The average molecular weight is 945 g/mol. The van der Waals surface area contributed by atoms with E-state index in [4.69, 9.17) is 0 Å². The maximum absolute atomic E-state index is 3.07. The van der Waals surface area contributed by atoms with E-state index in [0.29, 0.717) is 0 Å². The number of hydrogen-bond donors (Lipinski definition) is 0. The van der Waals surface area contributed by atoms with Crippen molar-refractivity contribution in [2.24, 2.45) is 0 Å². The number of fused-ring (bicyclic) bond motifs is 12. The van der Waals surface area contributed by atoms with E-state index in [2.05, 4.69) is 268 Å². The topological polar surface area (TPSA) is 6.48 Å². The Morgan fingerprint density at radius 2 is 1.19 bits per heavy atom. The normalized spacial score (nSPS) is 17.6. The van der Waals surface area contributed by atoms with Crippen molar-refractivity contribution in [3.8, 4) is 21.6 Å². The van der Waals surface area contributed by atoms with Gasteiger partial charge in [0.2, 0.25) is 0 Å². The summed E-state index contributed by atoms with van der Waals surface area (Å²) in [4.78, 5) is 6.16. The van der Waals surface area contributed by atoms with E-state index in [-0.39, 0.29) is 5.41 Å². The Morgan fingerprint density at radius 1 is 0.583 bits per heavy atom. The largest absolute Gasteiger partial charge is 0.345 e. The lowest BCUT2D eigenvalue weighted by atomic mass is 9.67. The number of thiophene rings is 1. The third kappa shape index (κ3) is 7.16. The minimum Gasteiger partial charge on any atom is -0.345 e. The van der Waals surface area contributed by atoms with E-state index in [1.165, 1.54) is 104 Å². The summed E-state index contributed by atoms with van der Waals surface area (Å²) in [6.07, 6.45) is 15.4. The van der Waals surface area contributed by atoms with Gasteiger partial charge in [0.1, 0.15) is 0 Å². The summed E-state index contributed by atoms with van der Waals surface area (Å²) in [7, 11) is 2.21. The molecule has 1 spiro atoms. The van der Waals surface area contributed by atoms with Crippen molar-refractivity contribution in [3.63, 3.8) is 0 Å². The monoisotopic (exact) mass is 944 g/mol. The Balaban J connectivity index is 0.000000265. The molecule has 4 aliphatic carbocycles. The second kappa shape index (κ2) is 18.2. The fourth-order valence-electron chi connectivity index (χ4n) is 12.2. The van der Waals surface area contributed by atoms with E-state index in [1.54, 1.807) is 0 Å².